The van der Waals surface area contributed by atoms with Crippen LogP contribution in [0.4, 0.5) is 0 Å². The minimum atomic E-state index is 1.14. The molecule has 1 aromatic rings. The van der Waals surface area contributed by atoms with Gasteiger partial charge in [-0.1, -0.05) is 30.4 Å². The fourth-order valence-corrected chi connectivity index (χ4v) is 4.43. The van der Waals surface area contributed by atoms with E-state index in [0.717, 1.165) is 12.8 Å². The van der Waals surface area contributed by atoms with E-state index in [1.807, 2.05) is 17.4 Å². The summed E-state index contributed by atoms with van der Waals surface area (Å²) >= 11 is 1.92. The number of hydrogen-bond acceptors (Lipinski definition) is 2. The Morgan fingerprint density at radius 1 is 1.18 bits per heavy atom. The number of fused-ring (bicyclic) bond motifs is 1. The number of hydrogen-bond donors (Lipinski definition) is 0. The molecule has 1 saturated heterocycles. The molecule has 1 nitrogen and oxygen atoms in total. The highest BCUT2D eigenvalue weighted by molar-refractivity contribution is 7.10. The number of likely N-dealkylation sites (tertiary alicyclic amines) is 1. The fraction of sp³-hybridized carbons (Fsp3) is 0.400. The third-order valence-electron chi connectivity index (χ3n) is 4.87. The molecule has 22 heavy (non-hydrogen) atoms. The van der Waals surface area contributed by atoms with Crippen LogP contribution in [0.25, 0.3) is 5.57 Å². The van der Waals surface area contributed by atoms with Crippen molar-refractivity contribution in [2.45, 2.75) is 32.6 Å². The Hall–Kier alpha value is -1.38. The van der Waals surface area contributed by atoms with Crippen LogP contribution in [0.15, 0.2) is 53.0 Å². The first-order valence-corrected chi connectivity index (χ1v) is 9.05. The molecule has 0 amide bonds. The molecule has 0 unspecified atom stereocenters. The lowest BCUT2D eigenvalue weighted by Crippen LogP contribution is -2.27. The predicted octanol–water partition coefficient (Wildman–Crippen LogP) is 5.23. The van der Waals surface area contributed by atoms with Crippen molar-refractivity contribution in [3.8, 4) is 0 Å². The van der Waals surface area contributed by atoms with E-state index in [2.05, 4.69) is 49.0 Å². The maximum absolute atomic E-state index is 3.82. The molecular formula is C20H25NS. The molecule has 0 bridgehead atoms. The number of allylic oxidation sites excluding steroid dienone is 6. The van der Waals surface area contributed by atoms with Crippen molar-refractivity contribution in [3.05, 3.63) is 63.4 Å². The molecule has 0 aromatic carbocycles. The number of thiophene rings is 1. The van der Waals surface area contributed by atoms with Crippen LogP contribution in [-0.4, -0.2) is 25.0 Å². The zero-order valence-corrected chi connectivity index (χ0v) is 14.5. The number of rotatable bonds is 2. The van der Waals surface area contributed by atoms with Gasteiger partial charge in [-0.2, -0.15) is 0 Å². The fourth-order valence-electron chi connectivity index (χ4n) is 3.54. The summed E-state index contributed by atoms with van der Waals surface area (Å²) in [7, 11) is 2.23. The van der Waals surface area contributed by atoms with Crippen molar-refractivity contribution in [3.63, 3.8) is 0 Å². The molecule has 0 atom stereocenters. The first-order valence-electron chi connectivity index (χ1n) is 8.17. The predicted molar refractivity (Wildman–Crippen MR) is 98.3 cm³/mol. The summed E-state index contributed by atoms with van der Waals surface area (Å²) in [5, 5.41) is 2.26. The first-order chi connectivity index (χ1) is 10.7. The van der Waals surface area contributed by atoms with Gasteiger partial charge in [-0.05, 0) is 73.4 Å². The molecule has 3 rings (SSSR count). The highest BCUT2D eigenvalue weighted by Gasteiger charge is 2.23. The minimum Gasteiger partial charge on any atom is -0.306 e. The summed E-state index contributed by atoms with van der Waals surface area (Å²) in [4.78, 5) is 4.00. The zero-order valence-electron chi connectivity index (χ0n) is 13.7. The summed E-state index contributed by atoms with van der Waals surface area (Å²) in [6, 6.07) is 2.34. The highest BCUT2D eigenvalue weighted by atomic mass is 32.1. The van der Waals surface area contributed by atoms with Gasteiger partial charge in [-0.3, -0.25) is 0 Å². The van der Waals surface area contributed by atoms with Crippen molar-refractivity contribution < 1.29 is 0 Å². The van der Waals surface area contributed by atoms with E-state index in [0.29, 0.717) is 0 Å². The lowest BCUT2D eigenvalue weighted by Gasteiger charge is -2.27. The summed E-state index contributed by atoms with van der Waals surface area (Å²) in [5.41, 5.74) is 7.66. The van der Waals surface area contributed by atoms with Gasteiger partial charge in [-0.15, -0.1) is 11.3 Å². The Labute approximate surface area is 138 Å². The standard InChI is InChI=1S/C20H25NS/c1-4-5-6-16-7-8-19-18(11-14-22-19)20(15(16)2)17-9-12-21(3)13-10-17/h4-6,11,14H,1,7-10,12-13H2,2-3H3/b6-5-. The summed E-state index contributed by atoms with van der Waals surface area (Å²) in [6.07, 6.45) is 10.9. The Kier molecular flexibility index (Phi) is 4.80. The highest BCUT2D eigenvalue weighted by Crippen LogP contribution is 2.40. The lowest BCUT2D eigenvalue weighted by atomic mass is 9.88. The van der Waals surface area contributed by atoms with Crippen LogP contribution >= 0.6 is 11.3 Å². The SMILES string of the molecule is C=C/C=C\C1=C(C)C(=C2CCN(C)CC2)c2ccsc2CC1. The molecule has 2 aliphatic rings. The number of nitrogens with zero attached hydrogens (tertiary/aromatic N) is 1. The Bertz CT molecular complexity index is 647. The molecule has 0 radical (unpaired) electrons. The smallest absolute Gasteiger partial charge is 0.0127 e. The van der Waals surface area contributed by atoms with E-state index in [-0.39, 0.29) is 0 Å². The van der Waals surface area contributed by atoms with Crippen LogP contribution in [-0.2, 0) is 6.42 Å². The van der Waals surface area contributed by atoms with Crippen LogP contribution in [0.2, 0.25) is 0 Å². The minimum absolute atomic E-state index is 1.14. The van der Waals surface area contributed by atoms with Crippen LogP contribution < -0.4 is 0 Å². The Balaban J connectivity index is 2.10. The molecule has 1 aromatic heterocycles. The van der Waals surface area contributed by atoms with Gasteiger partial charge in [0, 0.05) is 18.0 Å². The lowest BCUT2D eigenvalue weighted by molar-refractivity contribution is 0.313. The van der Waals surface area contributed by atoms with Gasteiger partial charge >= 0.3 is 0 Å². The monoisotopic (exact) mass is 311 g/mol. The molecule has 116 valence electrons. The van der Waals surface area contributed by atoms with Crippen LogP contribution in [0.1, 0.15) is 36.6 Å². The van der Waals surface area contributed by atoms with Crippen molar-refractivity contribution in [1.29, 1.82) is 0 Å². The van der Waals surface area contributed by atoms with E-state index in [9.17, 15) is 0 Å². The second-order valence-corrected chi connectivity index (χ2v) is 7.29. The molecule has 1 fully saturated rings. The second-order valence-electron chi connectivity index (χ2n) is 6.28. The van der Waals surface area contributed by atoms with Gasteiger partial charge in [0.25, 0.3) is 0 Å². The Morgan fingerprint density at radius 3 is 2.68 bits per heavy atom. The van der Waals surface area contributed by atoms with Gasteiger partial charge in [-0.25, -0.2) is 0 Å². The maximum Gasteiger partial charge on any atom is 0.0127 e. The van der Waals surface area contributed by atoms with Crippen molar-refractivity contribution in [2.24, 2.45) is 0 Å². The van der Waals surface area contributed by atoms with Crippen molar-refractivity contribution >= 4 is 16.9 Å². The molecule has 0 saturated carbocycles. The van der Waals surface area contributed by atoms with Crippen LogP contribution in [0.3, 0.4) is 0 Å². The van der Waals surface area contributed by atoms with Gasteiger partial charge in [0.05, 0.1) is 0 Å². The van der Waals surface area contributed by atoms with E-state index in [1.54, 1.807) is 16.0 Å². The third-order valence-corrected chi connectivity index (χ3v) is 5.85. The topological polar surface area (TPSA) is 3.24 Å². The molecule has 1 aliphatic carbocycles. The zero-order chi connectivity index (χ0) is 15.5. The molecule has 0 spiro atoms. The van der Waals surface area contributed by atoms with E-state index in [4.69, 9.17) is 0 Å². The van der Waals surface area contributed by atoms with Crippen molar-refractivity contribution in [2.75, 3.05) is 20.1 Å². The van der Waals surface area contributed by atoms with Gasteiger partial charge in [0.2, 0.25) is 0 Å². The van der Waals surface area contributed by atoms with E-state index in [1.165, 1.54) is 42.6 Å². The average Bonchev–Trinajstić information content (AvgIpc) is 2.93. The first kappa shape index (κ1) is 15.5. The van der Waals surface area contributed by atoms with E-state index < -0.39 is 0 Å². The number of piperidine rings is 1. The second kappa shape index (κ2) is 6.80. The summed E-state index contributed by atoms with van der Waals surface area (Å²) in [6.45, 7) is 8.50. The van der Waals surface area contributed by atoms with Gasteiger partial charge < -0.3 is 4.90 Å². The molecule has 2 heteroatoms. The molecule has 2 heterocycles. The molecule has 1 aliphatic heterocycles. The largest absolute Gasteiger partial charge is 0.306 e. The maximum atomic E-state index is 3.82. The molecule has 0 N–H and O–H groups in total. The van der Waals surface area contributed by atoms with Gasteiger partial charge in [0.1, 0.15) is 0 Å². The summed E-state index contributed by atoms with van der Waals surface area (Å²) < 4.78 is 0. The molecular weight excluding hydrogens is 286 g/mol. The Morgan fingerprint density at radius 2 is 1.95 bits per heavy atom. The third kappa shape index (κ3) is 3.04. The quantitative estimate of drug-likeness (QED) is 0.676. The van der Waals surface area contributed by atoms with Crippen LogP contribution in [0.5, 0.6) is 0 Å². The summed E-state index contributed by atoms with van der Waals surface area (Å²) in [5.74, 6) is 0. The van der Waals surface area contributed by atoms with E-state index >= 15 is 0 Å². The van der Waals surface area contributed by atoms with Crippen LogP contribution in [0, 0.1) is 0 Å². The number of aryl methyl sites for hydroxylation is 1. The van der Waals surface area contributed by atoms with Crippen molar-refractivity contribution in [1.82, 2.24) is 4.90 Å². The normalized spacial score (nSPS) is 20.5. The average molecular weight is 311 g/mol. The van der Waals surface area contributed by atoms with Gasteiger partial charge in [0.15, 0.2) is 0 Å².